The van der Waals surface area contributed by atoms with Crippen LogP contribution in [0.3, 0.4) is 0 Å². The van der Waals surface area contributed by atoms with E-state index in [0.29, 0.717) is 25.6 Å². The lowest BCUT2D eigenvalue weighted by molar-refractivity contribution is 0.0209. The number of β-amino-alcohol motifs (C(OH)–C–C–N with tert-alkyl or cyclic N) is 1. The highest BCUT2D eigenvalue weighted by molar-refractivity contribution is 7.09. The van der Waals surface area contributed by atoms with Gasteiger partial charge in [0, 0.05) is 37.1 Å². The fourth-order valence-electron chi connectivity index (χ4n) is 3.08. The maximum atomic E-state index is 12.3. The number of aliphatic hydroxyl groups excluding tert-OH is 1. The van der Waals surface area contributed by atoms with Crippen LogP contribution in [0.1, 0.15) is 21.1 Å². The molecule has 2 aliphatic rings. The Hall–Kier alpha value is -2.14. The number of nitrogens with one attached hydrogen (secondary N) is 2. The number of carbonyl (C=O) groups is 1. The summed E-state index contributed by atoms with van der Waals surface area (Å²) in [6, 6.07) is 1.83. The average molecular weight is 390 g/mol. The van der Waals surface area contributed by atoms with E-state index in [-0.39, 0.29) is 24.2 Å². The molecule has 2 aromatic rings. The van der Waals surface area contributed by atoms with Gasteiger partial charge in [0.1, 0.15) is 17.8 Å². The van der Waals surface area contributed by atoms with Gasteiger partial charge in [0.15, 0.2) is 0 Å². The Morgan fingerprint density at radius 1 is 1.41 bits per heavy atom. The van der Waals surface area contributed by atoms with E-state index in [4.69, 9.17) is 4.74 Å². The number of rotatable bonds is 7. The van der Waals surface area contributed by atoms with Gasteiger partial charge < -0.3 is 20.5 Å². The van der Waals surface area contributed by atoms with Crippen LogP contribution < -0.4 is 10.6 Å². The summed E-state index contributed by atoms with van der Waals surface area (Å²) in [6.45, 7) is 3.58. The zero-order valence-electron chi connectivity index (χ0n) is 14.8. The first-order chi connectivity index (χ1) is 13.2. The summed E-state index contributed by atoms with van der Waals surface area (Å²) in [5.41, 5.74) is 3.23. The van der Waals surface area contributed by atoms with E-state index in [1.807, 2.05) is 5.51 Å². The van der Waals surface area contributed by atoms with Crippen molar-refractivity contribution < 1.29 is 14.6 Å². The third kappa shape index (κ3) is 4.59. The first-order valence-electron chi connectivity index (χ1n) is 8.93. The Morgan fingerprint density at radius 3 is 3.11 bits per heavy atom. The zero-order valence-corrected chi connectivity index (χ0v) is 15.6. The topological polar surface area (TPSA) is 113 Å². The molecule has 10 heteroatoms. The van der Waals surface area contributed by atoms with Crippen molar-refractivity contribution in [3.05, 3.63) is 34.2 Å². The van der Waals surface area contributed by atoms with E-state index >= 15 is 0 Å². The predicted molar refractivity (Wildman–Crippen MR) is 99.7 cm³/mol. The molecule has 0 saturated carbocycles. The molecule has 27 heavy (non-hydrogen) atoms. The molecule has 4 heterocycles. The van der Waals surface area contributed by atoms with Crippen LogP contribution >= 0.6 is 11.3 Å². The molecule has 1 atom stereocenters. The first-order valence-corrected chi connectivity index (χ1v) is 9.81. The van der Waals surface area contributed by atoms with Gasteiger partial charge in [0.25, 0.3) is 5.91 Å². The second kappa shape index (κ2) is 8.26. The number of amides is 1. The van der Waals surface area contributed by atoms with Crippen molar-refractivity contribution in [1.29, 1.82) is 0 Å². The highest BCUT2D eigenvalue weighted by Crippen LogP contribution is 2.21. The quantitative estimate of drug-likeness (QED) is 0.601. The maximum Gasteiger partial charge on any atom is 0.270 e. The normalized spacial score (nSPS) is 18.4. The van der Waals surface area contributed by atoms with Crippen LogP contribution in [0.4, 0.5) is 5.82 Å². The number of thiazole rings is 1. The van der Waals surface area contributed by atoms with Crippen LogP contribution in [0.5, 0.6) is 0 Å². The molecule has 0 aliphatic carbocycles. The maximum absolute atomic E-state index is 12.3. The minimum Gasteiger partial charge on any atom is -0.390 e. The average Bonchev–Trinajstić information content (AvgIpc) is 3.11. The number of aromatic nitrogens is 3. The van der Waals surface area contributed by atoms with Crippen molar-refractivity contribution in [3.8, 4) is 0 Å². The van der Waals surface area contributed by atoms with Gasteiger partial charge in [-0.15, -0.1) is 11.3 Å². The van der Waals surface area contributed by atoms with Gasteiger partial charge in [-0.2, -0.15) is 0 Å². The Kier molecular flexibility index (Phi) is 5.58. The smallest absolute Gasteiger partial charge is 0.270 e. The lowest BCUT2D eigenvalue weighted by atomic mass is 10.1. The van der Waals surface area contributed by atoms with Gasteiger partial charge in [-0.05, 0) is 6.42 Å². The van der Waals surface area contributed by atoms with Crippen molar-refractivity contribution in [2.45, 2.75) is 25.1 Å². The number of fused-ring (bicyclic) bond motifs is 1. The number of hydrogen-bond acceptors (Lipinski definition) is 9. The Morgan fingerprint density at radius 2 is 2.30 bits per heavy atom. The lowest BCUT2D eigenvalue weighted by Crippen LogP contribution is -2.42. The number of anilines is 1. The van der Waals surface area contributed by atoms with Gasteiger partial charge in [0.05, 0.1) is 36.6 Å². The van der Waals surface area contributed by atoms with Gasteiger partial charge in [0.2, 0.25) is 0 Å². The highest BCUT2D eigenvalue weighted by Gasteiger charge is 2.22. The van der Waals surface area contributed by atoms with Crippen LogP contribution in [0.2, 0.25) is 0 Å². The molecule has 4 rings (SSSR count). The fraction of sp³-hybridized carbons (Fsp3) is 0.529. The summed E-state index contributed by atoms with van der Waals surface area (Å²) >= 11 is 1.69. The summed E-state index contributed by atoms with van der Waals surface area (Å²) in [4.78, 5) is 28.3. The fourth-order valence-corrected chi connectivity index (χ4v) is 3.85. The number of hydrogen-bond donors (Lipinski definition) is 3. The Balaban J connectivity index is 1.24. The van der Waals surface area contributed by atoms with Crippen LogP contribution in [-0.2, 0) is 17.7 Å². The molecule has 3 N–H and O–H groups in total. The molecule has 1 fully saturated rings. The highest BCUT2D eigenvalue weighted by atomic mass is 32.1. The van der Waals surface area contributed by atoms with Crippen LogP contribution in [0, 0.1) is 0 Å². The van der Waals surface area contributed by atoms with Crippen LogP contribution in [-0.4, -0.2) is 75.9 Å². The molecule has 9 nitrogen and oxygen atoms in total. The molecule has 0 unspecified atom stereocenters. The second-order valence-corrected chi connectivity index (χ2v) is 7.68. The van der Waals surface area contributed by atoms with Crippen molar-refractivity contribution in [1.82, 2.24) is 25.2 Å². The standard InChI is InChI=1S/C17H22N6O3S/c24-12(5-23-2-1-15-14(6-23)21-10-27-15)4-18-17(25)13-3-16(20-9-19-13)22-11-7-26-8-11/h3,9-12,24H,1-2,4-8H2,(H,18,25)(H,19,20,22)/t12-/m0/s1. The monoisotopic (exact) mass is 390 g/mol. The Labute approximate surface area is 160 Å². The number of carbonyl (C=O) groups excluding carboxylic acids is 1. The molecule has 0 spiro atoms. The minimum absolute atomic E-state index is 0.169. The third-order valence-corrected chi connectivity index (χ3v) is 5.55. The van der Waals surface area contributed by atoms with Crippen LogP contribution in [0.25, 0.3) is 0 Å². The molecule has 1 amide bonds. The molecule has 2 aliphatic heterocycles. The summed E-state index contributed by atoms with van der Waals surface area (Å²) in [5, 5.41) is 16.2. The largest absolute Gasteiger partial charge is 0.390 e. The number of aliphatic hydroxyl groups is 1. The van der Waals surface area contributed by atoms with Gasteiger partial charge in [-0.25, -0.2) is 15.0 Å². The number of nitrogens with zero attached hydrogens (tertiary/aromatic N) is 4. The molecule has 144 valence electrons. The van der Waals surface area contributed by atoms with Crippen molar-refractivity contribution >= 4 is 23.1 Å². The molecular weight excluding hydrogens is 368 g/mol. The third-order valence-electron chi connectivity index (χ3n) is 4.61. The van der Waals surface area contributed by atoms with E-state index in [1.165, 1.54) is 11.2 Å². The molecule has 0 bridgehead atoms. The van der Waals surface area contributed by atoms with E-state index < -0.39 is 6.10 Å². The second-order valence-electron chi connectivity index (χ2n) is 6.74. The van der Waals surface area contributed by atoms with Crippen LogP contribution in [0.15, 0.2) is 17.9 Å². The van der Waals surface area contributed by atoms with E-state index in [0.717, 1.165) is 25.2 Å². The van der Waals surface area contributed by atoms with Gasteiger partial charge in [-0.1, -0.05) is 0 Å². The SMILES string of the molecule is O=C(NC[C@H](O)CN1CCc2scnc2C1)c1cc(NC2COC2)ncn1. The molecule has 0 aromatic carbocycles. The molecule has 1 saturated heterocycles. The van der Waals surface area contributed by atoms with Crippen molar-refractivity contribution in [2.75, 3.05) is 38.2 Å². The predicted octanol–water partition coefficient (Wildman–Crippen LogP) is -0.107. The lowest BCUT2D eigenvalue weighted by Gasteiger charge is -2.28. The molecular formula is C17H22N6O3S. The summed E-state index contributed by atoms with van der Waals surface area (Å²) in [5.74, 6) is 0.265. The zero-order chi connectivity index (χ0) is 18.6. The summed E-state index contributed by atoms with van der Waals surface area (Å²) < 4.78 is 5.11. The first kappa shape index (κ1) is 18.2. The molecule has 0 radical (unpaired) electrons. The Bertz CT molecular complexity index is 796. The summed E-state index contributed by atoms with van der Waals surface area (Å²) in [7, 11) is 0. The number of ether oxygens (including phenoxy) is 1. The van der Waals surface area contributed by atoms with Crippen molar-refractivity contribution in [3.63, 3.8) is 0 Å². The van der Waals surface area contributed by atoms with Gasteiger partial charge in [-0.3, -0.25) is 9.69 Å². The minimum atomic E-state index is -0.652. The van der Waals surface area contributed by atoms with E-state index in [2.05, 4.69) is 30.5 Å². The van der Waals surface area contributed by atoms with Crippen molar-refractivity contribution in [2.24, 2.45) is 0 Å². The van der Waals surface area contributed by atoms with E-state index in [9.17, 15) is 9.90 Å². The summed E-state index contributed by atoms with van der Waals surface area (Å²) in [6.07, 6.45) is 1.66. The molecule has 2 aromatic heterocycles. The van der Waals surface area contributed by atoms with Gasteiger partial charge >= 0.3 is 0 Å². The van der Waals surface area contributed by atoms with E-state index in [1.54, 1.807) is 17.4 Å².